The number of hydrogen-bond donors (Lipinski definition) is 1. The quantitative estimate of drug-likeness (QED) is 0.235. The lowest BCUT2D eigenvalue weighted by molar-refractivity contribution is -0.123. The molecule has 3 aromatic carbocycles. The maximum Gasteiger partial charge on any atom is 0.338 e. The minimum atomic E-state index is -1.02. The number of thiazole rings is 1. The van der Waals surface area contributed by atoms with Gasteiger partial charge in [-0.15, -0.1) is 11.3 Å². The molecule has 1 unspecified atom stereocenters. The van der Waals surface area contributed by atoms with Gasteiger partial charge in [0.05, 0.1) is 47.9 Å². The Morgan fingerprint density at radius 3 is 1.90 bits per heavy atom. The van der Waals surface area contributed by atoms with E-state index in [0.29, 0.717) is 27.6 Å². The van der Waals surface area contributed by atoms with Crippen molar-refractivity contribution in [3.8, 4) is 34.0 Å². The molecule has 0 fully saturated rings. The van der Waals surface area contributed by atoms with Crippen molar-refractivity contribution in [2.75, 3.05) is 19.5 Å². The van der Waals surface area contributed by atoms with Crippen molar-refractivity contribution in [1.82, 2.24) is 15.0 Å². The number of carbonyl (C=O) groups is 2. The van der Waals surface area contributed by atoms with E-state index < -0.39 is 18.0 Å². The highest BCUT2D eigenvalue weighted by Crippen LogP contribution is 2.33. The fraction of sp³-hybridized carbons (Fsp3) is 0.167. The zero-order valence-electron chi connectivity index (χ0n) is 22.3. The van der Waals surface area contributed by atoms with Gasteiger partial charge in [-0.1, -0.05) is 0 Å². The summed E-state index contributed by atoms with van der Waals surface area (Å²) in [7, 11) is 3.23. The van der Waals surface area contributed by atoms with Gasteiger partial charge in [0.2, 0.25) is 0 Å². The second-order valence-electron chi connectivity index (χ2n) is 8.91. The number of nitrogens with zero attached hydrogens (tertiary/aromatic N) is 3. The normalized spacial score (nSPS) is 11.6. The van der Waals surface area contributed by atoms with Gasteiger partial charge in [0.1, 0.15) is 11.5 Å². The Hall–Kier alpha value is -4.83. The Kier molecular flexibility index (Phi) is 7.70. The number of amides is 1. The van der Waals surface area contributed by atoms with Crippen molar-refractivity contribution in [2.24, 2.45) is 0 Å². The van der Waals surface area contributed by atoms with Crippen LogP contribution in [-0.4, -0.2) is 47.2 Å². The van der Waals surface area contributed by atoms with Crippen LogP contribution in [0.4, 0.5) is 5.13 Å². The summed E-state index contributed by atoms with van der Waals surface area (Å²) in [6.45, 7) is 3.34. The summed E-state index contributed by atoms with van der Waals surface area (Å²) >= 11 is 1.30. The number of benzene rings is 3. The third kappa shape index (κ3) is 5.76. The minimum absolute atomic E-state index is 0.254. The van der Waals surface area contributed by atoms with Crippen LogP contribution in [-0.2, 0) is 9.53 Å². The highest BCUT2D eigenvalue weighted by atomic mass is 32.1. The predicted molar refractivity (Wildman–Crippen MR) is 154 cm³/mol. The summed E-state index contributed by atoms with van der Waals surface area (Å²) < 4.78 is 16.0. The first-order chi connectivity index (χ1) is 19.3. The summed E-state index contributed by atoms with van der Waals surface area (Å²) in [5, 5.41) is 4.94. The Morgan fingerprint density at radius 2 is 1.38 bits per heavy atom. The van der Waals surface area contributed by atoms with Crippen LogP contribution < -0.4 is 14.8 Å². The number of anilines is 1. The molecule has 40 heavy (non-hydrogen) atoms. The molecule has 0 radical (unpaired) electrons. The van der Waals surface area contributed by atoms with Gasteiger partial charge < -0.3 is 14.2 Å². The van der Waals surface area contributed by atoms with Gasteiger partial charge in [-0.2, -0.15) is 0 Å². The van der Waals surface area contributed by atoms with Crippen molar-refractivity contribution >= 4 is 39.4 Å². The summed E-state index contributed by atoms with van der Waals surface area (Å²) in [6.07, 6.45) is -1.02. The molecule has 2 heterocycles. The van der Waals surface area contributed by atoms with Crippen LogP contribution in [0.1, 0.15) is 23.0 Å². The average Bonchev–Trinajstić information content (AvgIpc) is 3.40. The second kappa shape index (κ2) is 11.5. The molecule has 202 valence electrons. The highest BCUT2D eigenvalue weighted by molar-refractivity contribution is 7.13. The standard InChI is InChI=1S/C30H26N4O5S/c1-17-16-40-30(31-17)34-28(35)18(2)39-29(36)21-9-14-24-25(15-21)33-27(20-7-12-23(38-4)13-8-20)26(32-24)19-5-10-22(37-3)11-6-19/h5-16,18H,1-4H3,(H,31,34,35). The van der Waals surface area contributed by atoms with Gasteiger partial charge in [-0.25, -0.2) is 19.7 Å². The maximum atomic E-state index is 12.9. The molecule has 9 nitrogen and oxygen atoms in total. The number of ether oxygens (including phenoxy) is 3. The largest absolute Gasteiger partial charge is 0.497 e. The van der Waals surface area contributed by atoms with E-state index in [1.807, 2.05) is 60.8 Å². The molecule has 0 aliphatic heterocycles. The van der Waals surface area contributed by atoms with E-state index in [2.05, 4.69) is 10.3 Å². The number of fused-ring (bicyclic) bond motifs is 1. The van der Waals surface area contributed by atoms with E-state index in [9.17, 15) is 9.59 Å². The Labute approximate surface area is 234 Å². The van der Waals surface area contributed by atoms with E-state index in [4.69, 9.17) is 24.2 Å². The molecule has 5 aromatic rings. The lowest BCUT2D eigenvalue weighted by atomic mass is 10.0. The molecule has 1 N–H and O–H groups in total. The van der Waals surface area contributed by atoms with Gasteiger partial charge in [0.15, 0.2) is 11.2 Å². The zero-order valence-corrected chi connectivity index (χ0v) is 23.1. The molecule has 0 bridgehead atoms. The molecule has 2 aromatic heterocycles. The average molecular weight is 555 g/mol. The fourth-order valence-corrected chi connectivity index (χ4v) is 4.67. The molecule has 0 aliphatic carbocycles. The van der Waals surface area contributed by atoms with Crippen LogP contribution in [0.5, 0.6) is 11.5 Å². The first kappa shape index (κ1) is 26.8. The number of aryl methyl sites for hydroxylation is 1. The van der Waals surface area contributed by atoms with E-state index in [1.165, 1.54) is 18.3 Å². The number of methoxy groups -OCH3 is 2. The van der Waals surface area contributed by atoms with Crippen LogP contribution in [0.3, 0.4) is 0 Å². The number of esters is 1. The third-order valence-corrected chi connectivity index (χ3v) is 7.00. The van der Waals surface area contributed by atoms with Crippen LogP contribution in [0.25, 0.3) is 33.5 Å². The molecule has 10 heteroatoms. The molecule has 0 spiro atoms. The van der Waals surface area contributed by atoms with Gasteiger partial charge in [-0.05, 0) is 80.6 Å². The van der Waals surface area contributed by atoms with Crippen LogP contribution in [0.15, 0.2) is 72.1 Å². The monoisotopic (exact) mass is 554 g/mol. The molecule has 1 amide bonds. The summed E-state index contributed by atoms with van der Waals surface area (Å²) in [5.41, 5.74) is 5.17. The van der Waals surface area contributed by atoms with Crippen LogP contribution in [0.2, 0.25) is 0 Å². The van der Waals surface area contributed by atoms with Crippen molar-refractivity contribution in [3.63, 3.8) is 0 Å². The van der Waals surface area contributed by atoms with Crippen LogP contribution >= 0.6 is 11.3 Å². The van der Waals surface area contributed by atoms with Gasteiger partial charge >= 0.3 is 5.97 Å². The lowest BCUT2D eigenvalue weighted by Crippen LogP contribution is -2.30. The molecule has 0 saturated heterocycles. The van der Waals surface area contributed by atoms with Crippen molar-refractivity contribution in [1.29, 1.82) is 0 Å². The topological polar surface area (TPSA) is 113 Å². The van der Waals surface area contributed by atoms with E-state index >= 15 is 0 Å². The summed E-state index contributed by atoms with van der Waals surface area (Å²) in [6, 6.07) is 20.0. The third-order valence-electron chi connectivity index (χ3n) is 6.13. The van der Waals surface area contributed by atoms with Gasteiger partial charge in [0.25, 0.3) is 5.91 Å². The highest BCUT2D eigenvalue weighted by Gasteiger charge is 2.21. The number of rotatable bonds is 8. The number of hydrogen-bond acceptors (Lipinski definition) is 9. The lowest BCUT2D eigenvalue weighted by Gasteiger charge is -2.14. The zero-order chi connectivity index (χ0) is 28.2. The molecule has 0 saturated carbocycles. The molecular formula is C30H26N4O5S. The van der Waals surface area contributed by atoms with Crippen molar-refractivity contribution in [2.45, 2.75) is 20.0 Å². The summed E-state index contributed by atoms with van der Waals surface area (Å²) in [5.74, 6) is 0.342. The molecule has 5 rings (SSSR count). The minimum Gasteiger partial charge on any atom is -0.497 e. The Morgan fingerprint density at radius 1 is 0.800 bits per heavy atom. The summed E-state index contributed by atoms with van der Waals surface area (Å²) in [4.78, 5) is 39.5. The number of carbonyl (C=O) groups excluding carboxylic acids is 2. The SMILES string of the molecule is COc1ccc(-c2nc3ccc(C(=O)OC(C)C(=O)Nc4nc(C)cs4)cc3nc2-c2ccc(OC)cc2)cc1. The van der Waals surface area contributed by atoms with Gasteiger partial charge in [-0.3, -0.25) is 10.1 Å². The predicted octanol–water partition coefficient (Wildman–Crippen LogP) is 5.93. The molecule has 1 atom stereocenters. The Balaban J connectivity index is 1.47. The first-order valence-electron chi connectivity index (χ1n) is 12.4. The smallest absolute Gasteiger partial charge is 0.338 e. The second-order valence-corrected chi connectivity index (χ2v) is 9.77. The fourth-order valence-electron chi connectivity index (χ4n) is 3.98. The van der Waals surface area contributed by atoms with E-state index in [-0.39, 0.29) is 5.56 Å². The van der Waals surface area contributed by atoms with Crippen molar-refractivity contribution in [3.05, 3.63) is 83.4 Å². The Bertz CT molecular complexity index is 1680. The first-order valence-corrected chi connectivity index (χ1v) is 13.3. The van der Waals surface area contributed by atoms with Crippen molar-refractivity contribution < 1.29 is 23.8 Å². The van der Waals surface area contributed by atoms with E-state index in [0.717, 1.165) is 28.3 Å². The maximum absolute atomic E-state index is 12.9. The molecule has 0 aliphatic rings. The van der Waals surface area contributed by atoms with Crippen LogP contribution in [0, 0.1) is 6.92 Å². The van der Waals surface area contributed by atoms with E-state index in [1.54, 1.807) is 32.4 Å². The number of aromatic nitrogens is 3. The number of nitrogens with one attached hydrogen (secondary N) is 1. The van der Waals surface area contributed by atoms with Gasteiger partial charge in [0, 0.05) is 16.5 Å². The molecular weight excluding hydrogens is 528 g/mol.